The number of rotatable bonds is 6. The molecule has 0 saturated heterocycles. The van der Waals surface area contributed by atoms with Gasteiger partial charge >= 0.3 is 11.7 Å². The molecular weight excluding hydrogens is 464 g/mol. The third-order valence-electron chi connectivity index (χ3n) is 5.12. The van der Waals surface area contributed by atoms with Crippen LogP contribution in [0, 0.1) is 0 Å². The summed E-state index contributed by atoms with van der Waals surface area (Å²) in [7, 11) is -1.82. The molecule has 0 bridgehead atoms. The summed E-state index contributed by atoms with van der Waals surface area (Å²) in [6.45, 7) is 0.0652. The summed E-state index contributed by atoms with van der Waals surface area (Å²) < 4.78 is 31.0. The second-order valence-electron chi connectivity index (χ2n) is 7.54. The molecule has 10 heteroatoms. The van der Waals surface area contributed by atoms with Crippen LogP contribution in [0.25, 0.3) is 10.2 Å². The average Bonchev–Trinajstić information content (AvgIpc) is 3.25. The number of thiophene rings is 1. The first-order valence-corrected chi connectivity index (χ1v) is 12.6. The van der Waals surface area contributed by atoms with Gasteiger partial charge in [-0.1, -0.05) is 42.5 Å². The van der Waals surface area contributed by atoms with Gasteiger partial charge in [0.05, 0.1) is 16.8 Å². The van der Waals surface area contributed by atoms with Crippen LogP contribution < -0.4 is 11.2 Å². The van der Waals surface area contributed by atoms with E-state index in [0.29, 0.717) is 10.4 Å². The molecule has 0 N–H and O–H groups in total. The first-order chi connectivity index (χ1) is 15.6. The molecule has 2 heterocycles. The van der Waals surface area contributed by atoms with Gasteiger partial charge in [0.1, 0.15) is 16.3 Å². The molecule has 0 aliphatic heterocycles. The number of hydrogen-bond donors (Lipinski definition) is 0. The molecule has 33 heavy (non-hydrogen) atoms. The molecule has 0 radical (unpaired) electrons. The van der Waals surface area contributed by atoms with Gasteiger partial charge in [0.15, 0.2) is 9.84 Å². The van der Waals surface area contributed by atoms with Gasteiger partial charge in [-0.15, -0.1) is 11.3 Å². The zero-order valence-corrected chi connectivity index (χ0v) is 19.5. The molecule has 4 rings (SSSR count). The van der Waals surface area contributed by atoms with Crippen molar-refractivity contribution in [3.63, 3.8) is 0 Å². The van der Waals surface area contributed by atoms with Gasteiger partial charge in [0.25, 0.3) is 5.56 Å². The van der Waals surface area contributed by atoms with Crippen LogP contribution in [0.5, 0.6) is 0 Å². The minimum Gasteiger partial charge on any atom is -0.457 e. The summed E-state index contributed by atoms with van der Waals surface area (Å²) in [5, 5.41) is 0.238. The fraction of sp³-hybridized carbons (Fsp3) is 0.174. The maximum absolute atomic E-state index is 13.1. The van der Waals surface area contributed by atoms with E-state index < -0.39 is 27.1 Å². The summed E-state index contributed by atoms with van der Waals surface area (Å²) in [4.78, 5) is 39.2. The van der Waals surface area contributed by atoms with E-state index in [1.54, 1.807) is 12.1 Å². The third kappa shape index (κ3) is 4.67. The average molecular weight is 485 g/mol. The zero-order valence-electron chi connectivity index (χ0n) is 17.8. The normalized spacial score (nSPS) is 11.6. The van der Waals surface area contributed by atoms with E-state index in [1.807, 2.05) is 30.3 Å². The van der Waals surface area contributed by atoms with Gasteiger partial charge in [0, 0.05) is 13.3 Å². The van der Waals surface area contributed by atoms with E-state index in [1.165, 1.54) is 29.8 Å². The number of aryl methyl sites for hydroxylation is 1. The smallest absolute Gasteiger partial charge is 0.348 e. The van der Waals surface area contributed by atoms with E-state index >= 15 is 0 Å². The van der Waals surface area contributed by atoms with Gasteiger partial charge < -0.3 is 4.74 Å². The first kappa shape index (κ1) is 22.7. The van der Waals surface area contributed by atoms with Gasteiger partial charge in [0.2, 0.25) is 0 Å². The molecule has 2 aromatic heterocycles. The van der Waals surface area contributed by atoms with Crippen LogP contribution in [-0.2, 0) is 34.8 Å². The molecule has 0 fully saturated rings. The van der Waals surface area contributed by atoms with Gasteiger partial charge in [-0.25, -0.2) is 18.0 Å². The van der Waals surface area contributed by atoms with Crippen LogP contribution in [0.2, 0.25) is 0 Å². The highest BCUT2D eigenvalue weighted by Gasteiger charge is 2.19. The highest BCUT2D eigenvalue weighted by atomic mass is 32.2. The number of aromatic nitrogens is 2. The standard InChI is InChI=1S/C23H20N2O6S2/c1-24-21-18(12-19(32-21)22(27)31-14-16-6-4-3-5-7-16)20(26)25(23(24)28)13-15-8-10-17(11-9-15)33(2,29)30/h3-12H,13-14H2,1-2H3. The Morgan fingerprint density at radius 1 is 1.00 bits per heavy atom. The first-order valence-electron chi connectivity index (χ1n) is 9.88. The number of nitrogens with zero attached hydrogens (tertiary/aromatic N) is 2. The summed E-state index contributed by atoms with van der Waals surface area (Å²) in [6, 6.07) is 16.7. The van der Waals surface area contributed by atoms with Gasteiger partial charge in [-0.05, 0) is 29.3 Å². The number of ether oxygens (including phenoxy) is 1. The maximum Gasteiger partial charge on any atom is 0.348 e. The van der Waals surface area contributed by atoms with Crippen molar-refractivity contribution in [2.24, 2.45) is 7.05 Å². The van der Waals surface area contributed by atoms with Crippen LogP contribution in [0.4, 0.5) is 0 Å². The van der Waals surface area contributed by atoms with Crippen molar-refractivity contribution in [1.29, 1.82) is 0 Å². The highest BCUT2D eigenvalue weighted by molar-refractivity contribution is 7.90. The molecule has 0 unspecified atom stereocenters. The summed E-state index contributed by atoms with van der Waals surface area (Å²) in [5.74, 6) is -0.574. The minimum absolute atomic E-state index is 0.0326. The van der Waals surface area contributed by atoms with E-state index in [4.69, 9.17) is 4.74 Å². The molecule has 170 valence electrons. The molecule has 2 aromatic carbocycles. The number of hydrogen-bond acceptors (Lipinski definition) is 7. The van der Waals surface area contributed by atoms with Crippen LogP contribution in [0.15, 0.2) is 75.1 Å². The van der Waals surface area contributed by atoms with Crippen molar-refractivity contribution < 1.29 is 17.9 Å². The van der Waals surface area contributed by atoms with Crippen LogP contribution in [0.1, 0.15) is 20.8 Å². The second-order valence-corrected chi connectivity index (χ2v) is 10.6. The molecule has 8 nitrogen and oxygen atoms in total. The Hall–Kier alpha value is -3.50. The molecule has 0 amide bonds. The lowest BCUT2D eigenvalue weighted by molar-refractivity contribution is 0.0478. The van der Waals surface area contributed by atoms with Crippen LogP contribution in [-0.4, -0.2) is 29.8 Å². The van der Waals surface area contributed by atoms with Crippen LogP contribution in [0.3, 0.4) is 0 Å². The molecule has 0 aliphatic carbocycles. The molecule has 0 aliphatic rings. The number of fused-ring (bicyclic) bond motifs is 1. The Balaban J connectivity index is 1.65. The fourth-order valence-electron chi connectivity index (χ4n) is 3.34. The molecule has 0 saturated carbocycles. The zero-order chi connectivity index (χ0) is 23.8. The maximum atomic E-state index is 13.1. The predicted molar refractivity (Wildman–Crippen MR) is 126 cm³/mol. The van der Waals surface area contributed by atoms with E-state index in [9.17, 15) is 22.8 Å². The van der Waals surface area contributed by atoms with Crippen molar-refractivity contribution in [1.82, 2.24) is 9.13 Å². The van der Waals surface area contributed by atoms with Crippen molar-refractivity contribution in [2.45, 2.75) is 18.0 Å². The minimum atomic E-state index is -3.35. The van der Waals surface area contributed by atoms with Crippen molar-refractivity contribution >= 4 is 37.4 Å². The number of carbonyl (C=O) groups is 1. The topological polar surface area (TPSA) is 104 Å². The Morgan fingerprint density at radius 2 is 1.67 bits per heavy atom. The molecular formula is C23H20N2O6S2. The van der Waals surface area contributed by atoms with E-state index in [0.717, 1.165) is 27.7 Å². The van der Waals surface area contributed by atoms with Crippen molar-refractivity contribution in [3.05, 3.63) is 97.5 Å². The number of esters is 1. The fourth-order valence-corrected chi connectivity index (χ4v) is 4.97. The second kappa shape index (κ2) is 8.80. The van der Waals surface area contributed by atoms with E-state index in [2.05, 4.69) is 0 Å². The highest BCUT2D eigenvalue weighted by Crippen LogP contribution is 2.23. The lowest BCUT2D eigenvalue weighted by Gasteiger charge is -2.09. The largest absolute Gasteiger partial charge is 0.457 e. The predicted octanol–water partition coefficient (Wildman–Crippen LogP) is 2.57. The lowest BCUT2D eigenvalue weighted by atomic mass is 10.2. The van der Waals surface area contributed by atoms with Gasteiger partial charge in [-0.3, -0.25) is 13.9 Å². The summed E-state index contributed by atoms with van der Waals surface area (Å²) in [5.41, 5.74) is 0.367. The molecule has 4 aromatic rings. The van der Waals surface area contributed by atoms with Gasteiger partial charge in [-0.2, -0.15) is 0 Å². The Bertz CT molecular complexity index is 1560. The number of benzene rings is 2. The SMILES string of the molecule is Cn1c(=O)n(Cc2ccc(S(C)(=O)=O)cc2)c(=O)c2cc(C(=O)OCc3ccccc3)sc21. The quantitative estimate of drug-likeness (QED) is 0.390. The van der Waals surface area contributed by atoms with Crippen molar-refractivity contribution in [3.8, 4) is 0 Å². The monoisotopic (exact) mass is 484 g/mol. The Kier molecular flexibility index (Phi) is 6.05. The summed E-state index contributed by atoms with van der Waals surface area (Å²) >= 11 is 1.02. The summed E-state index contributed by atoms with van der Waals surface area (Å²) in [6.07, 6.45) is 1.11. The number of sulfone groups is 1. The Labute approximate surface area is 193 Å². The Morgan fingerprint density at radius 3 is 2.30 bits per heavy atom. The van der Waals surface area contributed by atoms with Crippen molar-refractivity contribution in [2.75, 3.05) is 6.26 Å². The number of carbonyl (C=O) groups excluding carboxylic acids is 1. The molecule has 0 spiro atoms. The third-order valence-corrected chi connectivity index (χ3v) is 7.44. The molecule has 0 atom stereocenters. The van der Waals surface area contributed by atoms with E-state index in [-0.39, 0.29) is 28.3 Å². The lowest BCUT2D eigenvalue weighted by Crippen LogP contribution is -2.38. The van der Waals surface area contributed by atoms with Crippen LogP contribution >= 0.6 is 11.3 Å².